The molecular formula is C100H70N8. The van der Waals surface area contributed by atoms with Crippen LogP contribution in [0.4, 0.5) is 0 Å². The Balaban J connectivity index is 0.883. The summed E-state index contributed by atoms with van der Waals surface area (Å²) in [6, 6.07) is 126. The van der Waals surface area contributed by atoms with Crippen molar-refractivity contribution in [3.8, 4) is 146 Å². The average Bonchev–Trinajstić information content (AvgIpc) is 1.57. The van der Waals surface area contributed by atoms with Gasteiger partial charge in [0.1, 0.15) is 0 Å². The lowest BCUT2D eigenvalue weighted by molar-refractivity contribution is 1.07. The molecule has 0 aliphatic carbocycles. The zero-order chi connectivity index (χ0) is 72.3. The average molecular weight is 1380 g/mol. The zero-order valence-electron chi connectivity index (χ0n) is 60.1. The Morgan fingerprint density at radius 1 is 0.167 bits per heavy atom. The summed E-state index contributed by atoms with van der Waals surface area (Å²) in [5.74, 6) is 3.46. The maximum absolute atomic E-state index is 5.37. The molecule has 0 radical (unpaired) electrons. The van der Waals surface area contributed by atoms with Gasteiger partial charge in [0.15, 0.2) is 34.9 Å². The first-order valence-electron chi connectivity index (χ1n) is 36.7. The van der Waals surface area contributed by atoms with E-state index in [2.05, 4.69) is 316 Å². The molecule has 108 heavy (non-hydrogen) atoms. The number of hydrogen-bond acceptors (Lipinski definition) is 6. The second kappa shape index (κ2) is 27.2. The second-order valence-corrected chi connectivity index (χ2v) is 28.0. The molecule has 0 spiro atoms. The topological polar surface area (TPSA) is 87.2 Å². The van der Waals surface area contributed by atoms with Crippen molar-refractivity contribution in [2.45, 2.75) is 27.7 Å². The summed E-state index contributed by atoms with van der Waals surface area (Å²) in [5, 5.41) is 4.60. The molecule has 15 aromatic carbocycles. The van der Waals surface area contributed by atoms with Crippen molar-refractivity contribution in [1.29, 1.82) is 0 Å². The van der Waals surface area contributed by atoms with Crippen molar-refractivity contribution in [1.82, 2.24) is 39.0 Å². The Morgan fingerprint density at radius 2 is 0.389 bits per heavy atom. The van der Waals surface area contributed by atoms with Crippen LogP contribution in [0.5, 0.6) is 0 Å². The first-order chi connectivity index (χ1) is 53.2. The van der Waals surface area contributed by atoms with Crippen LogP contribution < -0.4 is 0 Å². The first kappa shape index (κ1) is 64.7. The lowest BCUT2D eigenvalue weighted by atomic mass is 9.94. The maximum Gasteiger partial charge on any atom is 0.164 e. The number of fused-ring (bicyclic) bond motifs is 6. The number of hydrogen-bond donors (Lipinski definition) is 0. The standard InChI is InChI=1S/C100H70N8/c1-63-26-17-21-40-79(63)73-44-50-91-85(57-73)86-58-74(80-41-22-18-27-64(80)2)45-51-92(86)107(91)89-54-48-77(99-103-95(67-30-9-5-10-31-67)101-96(104-99)68-32-11-6-12-33-68)61-83(89)71-38-25-39-72(56-71)84-62-78(100-105-97(69-34-13-7-14-35-69)102-98(106-100)70-36-15-8-16-37-70)49-55-90(84)108-93-52-46-75(81-42-23-19-28-65(81)3)59-87(93)88-60-76(47-53-94(88)108)82-43-24-20-29-66(82)4/h5-62H,1-4H3. The fourth-order valence-corrected chi connectivity index (χ4v) is 15.8. The summed E-state index contributed by atoms with van der Waals surface area (Å²) in [4.78, 5) is 31.8. The molecule has 0 amide bonds. The second-order valence-electron chi connectivity index (χ2n) is 28.0. The van der Waals surface area contributed by atoms with E-state index in [0.29, 0.717) is 34.9 Å². The molecule has 0 N–H and O–H groups in total. The highest BCUT2D eigenvalue weighted by molar-refractivity contribution is 6.14. The minimum absolute atomic E-state index is 0.555. The Morgan fingerprint density at radius 3 is 0.657 bits per heavy atom. The van der Waals surface area contributed by atoms with Crippen molar-refractivity contribution < 1.29 is 0 Å². The fourth-order valence-electron chi connectivity index (χ4n) is 15.8. The minimum Gasteiger partial charge on any atom is -0.309 e. The van der Waals surface area contributed by atoms with Gasteiger partial charge in [-0.2, -0.15) is 0 Å². The van der Waals surface area contributed by atoms with Crippen LogP contribution in [0.2, 0.25) is 0 Å². The van der Waals surface area contributed by atoms with Gasteiger partial charge in [-0.1, -0.05) is 261 Å². The molecule has 0 fully saturated rings. The molecule has 0 aliphatic rings. The Bertz CT molecular complexity index is 5990. The molecule has 8 nitrogen and oxygen atoms in total. The van der Waals surface area contributed by atoms with Crippen molar-refractivity contribution in [3.63, 3.8) is 0 Å². The van der Waals surface area contributed by atoms with E-state index in [-0.39, 0.29) is 0 Å². The van der Waals surface area contributed by atoms with Gasteiger partial charge in [-0.3, -0.25) is 0 Å². The SMILES string of the molecule is Cc1ccccc1-c1ccc2c(c1)c1cc(-c3ccccc3C)ccc1n2-c1ccc(-c2nc(-c3ccccc3)nc(-c3ccccc3)n2)cc1-c1cccc(-c2cc(-c3nc(-c4ccccc4)nc(-c4ccccc4)n3)ccc2-n2c3ccc(-c4ccccc4C)cc3c3cc(-c4ccccc4C)ccc32)c1. The summed E-state index contributed by atoms with van der Waals surface area (Å²) < 4.78 is 4.93. The van der Waals surface area contributed by atoms with E-state index >= 15 is 0 Å². The fraction of sp³-hybridized carbons (Fsp3) is 0.0400. The van der Waals surface area contributed by atoms with Gasteiger partial charge in [-0.15, -0.1) is 0 Å². The molecule has 0 atom stereocenters. The molecule has 510 valence electrons. The van der Waals surface area contributed by atoms with E-state index in [4.69, 9.17) is 29.9 Å². The summed E-state index contributed by atoms with van der Waals surface area (Å²) in [7, 11) is 0. The van der Waals surface area contributed by atoms with Crippen LogP contribution in [-0.2, 0) is 0 Å². The highest BCUT2D eigenvalue weighted by Crippen LogP contribution is 2.46. The van der Waals surface area contributed by atoms with E-state index < -0.39 is 0 Å². The van der Waals surface area contributed by atoms with Crippen molar-refractivity contribution in [3.05, 3.63) is 374 Å². The van der Waals surface area contributed by atoms with Crippen molar-refractivity contribution >= 4 is 43.6 Å². The Hall–Kier alpha value is -14.1. The molecule has 19 rings (SSSR count). The lowest BCUT2D eigenvalue weighted by Crippen LogP contribution is -2.02. The highest BCUT2D eigenvalue weighted by atomic mass is 15.1. The molecule has 4 heterocycles. The van der Waals surface area contributed by atoms with Gasteiger partial charge in [0.05, 0.1) is 33.4 Å². The van der Waals surface area contributed by atoms with Crippen molar-refractivity contribution in [2.75, 3.05) is 0 Å². The van der Waals surface area contributed by atoms with Crippen LogP contribution in [-0.4, -0.2) is 39.0 Å². The largest absolute Gasteiger partial charge is 0.309 e. The van der Waals surface area contributed by atoms with Gasteiger partial charge >= 0.3 is 0 Å². The monoisotopic (exact) mass is 1380 g/mol. The summed E-state index contributed by atoms with van der Waals surface area (Å²) >= 11 is 0. The number of aromatic nitrogens is 8. The quantitative estimate of drug-likeness (QED) is 0.108. The van der Waals surface area contributed by atoms with Gasteiger partial charge in [-0.25, -0.2) is 29.9 Å². The third kappa shape index (κ3) is 11.8. The molecule has 8 heteroatoms. The summed E-state index contributed by atoms with van der Waals surface area (Å²) in [5.41, 5.74) is 29.8. The number of aryl methyl sites for hydroxylation is 4. The van der Waals surface area contributed by atoms with Crippen LogP contribution in [0.1, 0.15) is 22.3 Å². The zero-order valence-corrected chi connectivity index (χ0v) is 60.1. The van der Waals surface area contributed by atoms with E-state index in [1.807, 2.05) is 72.8 Å². The summed E-state index contributed by atoms with van der Waals surface area (Å²) in [6.07, 6.45) is 0. The molecule has 4 aromatic heterocycles. The van der Waals surface area contributed by atoms with Crippen LogP contribution in [0, 0.1) is 27.7 Å². The molecular weight excluding hydrogens is 1310 g/mol. The number of nitrogens with zero attached hydrogens (tertiary/aromatic N) is 8. The molecule has 0 saturated carbocycles. The van der Waals surface area contributed by atoms with Gasteiger partial charge < -0.3 is 9.13 Å². The Kier molecular flexibility index (Phi) is 16.3. The van der Waals surface area contributed by atoms with E-state index in [0.717, 1.165) is 133 Å². The molecule has 0 saturated heterocycles. The number of benzene rings is 15. The normalized spacial score (nSPS) is 11.5. The van der Waals surface area contributed by atoms with Gasteiger partial charge in [0.2, 0.25) is 0 Å². The Labute approximate surface area is 627 Å². The first-order valence-corrected chi connectivity index (χ1v) is 36.7. The van der Waals surface area contributed by atoms with Crippen LogP contribution in [0.3, 0.4) is 0 Å². The molecule has 19 aromatic rings. The van der Waals surface area contributed by atoms with Gasteiger partial charge in [0.25, 0.3) is 0 Å². The van der Waals surface area contributed by atoms with Gasteiger partial charge in [-0.05, 0) is 197 Å². The van der Waals surface area contributed by atoms with Crippen molar-refractivity contribution in [2.24, 2.45) is 0 Å². The lowest BCUT2D eigenvalue weighted by Gasteiger charge is -2.19. The molecule has 0 aliphatic heterocycles. The van der Waals surface area contributed by atoms with Crippen LogP contribution >= 0.6 is 0 Å². The predicted molar refractivity (Wildman–Crippen MR) is 446 cm³/mol. The van der Waals surface area contributed by atoms with Crippen LogP contribution in [0.25, 0.3) is 190 Å². The number of rotatable bonds is 14. The smallest absolute Gasteiger partial charge is 0.164 e. The molecule has 0 unspecified atom stereocenters. The predicted octanol–water partition coefficient (Wildman–Crippen LogP) is 25.5. The molecule has 0 bridgehead atoms. The van der Waals surface area contributed by atoms with E-state index in [9.17, 15) is 0 Å². The van der Waals surface area contributed by atoms with E-state index in [1.165, 1.54) is 44.5 Å². The third-order valence-corrected chi connectivity index (χ3v) is 21.2. The highest BCUT2D eigenvalue weighted by Gasteiger charge is 2.25. The van der Waals surface area contributed by atoms with Crippen LogP contribution in [0.15, 0.2) is 352 Å². The minimum atomic E-state index is 0.555. The van der Waals surface area contributed by atoms with E-state index in [1.54, 1.807) is 0 Å². The van der Waals surface area contributed by atoms with Gasteiger partial charge in [0, 0.05) is 66.1 Å². The summed E-state index contributed by atoms with van der Waals surface area (Å²) in [6.45, 7) is 8.79. The third-order valence-electron chi connectivity index (χ3n) is 21.2. The maximum atomic E-state index is 5.37.